The predicted molar refractivity (Wildman–Crippen MR) is 123 cm³/mol. The fourth-order valence-corrected chi connectivity index (χ4v) is 5.22. The van der Waals surface area contributed by atoms with E-state index in [1.54, 1.807) is 0 Å². The molecule has 1 aromatic carbocycles. The molecule has 30 heavy (non-hydrogen) atoms. The van der Waals surface area contributed by atoms with Gasteiger partial charge in [0.25, 0.3) is 0 Å². The van der Waals surface area contributed by atoms with Crippen molar-refractivity contribution >= 4 is 28.9 Å². The van der Waals surface area contributed by atoms with Crippen LogP contribution in [0.15, 0.2) is 65.2 Å². The number of nitrogens with one attached hydrogen (secondary N) is 1. The third kappa shape index (κ3) is 3.72. The number of hydrogen-bond donors (Lipinski definition) is 1. The van der Waals surface area contributed by atoms with Gasteiger partial charge >= 0.3 is 0 Å². The van der Waals surface area contributed by atoms with Gasteiger partial charge in [-0.2, -0.15) is 0 Å². The Morgan fingerprint density at radius 2 is 1.80 bits per heavy atom. The smallest absolute Gasteiger partial charge is 0.170 e. The van der Waals surface area contributed by atoms with E-state index in [4.69, 9.17) is 28.2 Å². The highest BCUT2D eigenvalue weighted by molar-refractivity contribution is 7.80. The van der Waals surface area contributed by atoms with Gasteiger partial charge in [0.1, 0.15) is 17.6 Å². The van der Waals surface area contributed by atoms with Crippen molar-refractivity contribution in [1.29, 1.82) is 0 Å². The number of rotatable bonds is 4. The van der Waals surface area contributed by atoms with Crippen LogP contribution in [0.1, 0.15) is 55.6 Å². The van der Waals surface area contributed by atoms with Gasteiger partial charge in [0.05, 0.1) is 11.7 Å². The molecule has 6 heteroatoms. The summed E-state index contributed by atoms with van der Waals surface area (Å²) in [5.74, 6) is 1.75. The summed E-state index contributed by atoms with van der Waals surface area (Å²) in [6.07, 6.45) is 7.97. The average Bonchev–Trinajstić information content (AvgIpc) is 3.40. The van der Waals surface area contributed by atoms with Crippen molar-refractivity contribution in [2.45, 2.75) is 50.2 Å². The lowest BCUT2D eigenvalue weighted by Crippen LogP contribution is -2.40. The van der Waals surface area contributed by atoms with Gasteiger partial charge in [-0.1, -0.05) is 36.9 Å². The fourth-order valence-electron chi connectivity index (χ4n) is 4.70. The molecule has 0 unspecified atom stereocenters. The van der Waals surface area contributed by atoms with E-state index in [1.807, 2.05) is 48.7 Å². The number of hydrogen-bond acceptors (Lipinski definition) is 3. The van der Waals surface area contributed by atoms with Crippen LogP contribution >= 0.6 is 23.8 Å². The van der Waals surface area contributed by atoms with Gasteiger partial charge in [0.2, 0.25) is 0 Å². The second kappa shape index (κ2) is 8.40. The second-order valence-corrected chi connectivity index (χ2v) is 8.86. The largest absolute Gasteiger partial charge is 0.459 e. The quantitative estimate of drug-likeness (QED) is 0.485. The third-order valence-electron chi connectivity index (χ3n) is 6.15. The first kappa shape index (κ1) is 19.6. The maximum Gasteiger partial charge on any atom is 0.170 e. The van der Waals surface area contributed by atoms with Crippen LogP contribution in [0.2, 0.25) is 5.02 Å². The lowest BCUT2D eigenvalue weighted by molar-refractivity contribution is 0.179. The highest BCUT2D eigenvalue weighted by atomic mass is 35.5. The molecule has 0 radical (unpaired) electrons. The van der Waals surface area contributed by atoms with Crippen molar-refractivity contribution < 1.29 is 4.42 Å². The zero-order valence-corrected chi connectivity index (χ0v) is 18.2. The molecule has 0 bridgehead atoms. The van der Waals surface area contributed by atoms with Gasteiger partial charge in [-0.15, -0.1) is 0 Å². The van der Waals surface area contributed by atoms with E-state index >= 15 is 0 Å². The number of benzene rings is 1. The molecule has 2 atom stereocenters. The molecule has 1 N–H and O–H groups in total. The number of thiocarbonyl (C=S) groups is 1. The van der Waals surface area contributed by atoms with Crippen LogP contribution in [0.25, 0.3) is 11.3 Å². The Bertz CT molecular complexity index is 1010. The molecular formula is C24H24ClN3OS. The van der Waals surface area contributed by atoms with Gasteiger partial charge in [0, 0.05) is 22.8 Å². The molecule has 1 aliphatic heterocycles. The summed E-state index contributed by atoms with van der Waals surface area (Å²) in [6, 6.07) is 18.3. The van der Waals surface area contributed by atoms with Crippen LogP contribution in [0.3, 0.4) is 0 Å². The molecule has 1 saturated heterocycles. The summed E-state index contributed by atoms with van der Waals surface area (Å²) in [7, 11) is 0. The minimum atomic E-state index is -0.0372. The van der Waals surface area contributed by atoms with Crippen LogP contribution in [-0.4, -0.2) is 21.0 Å². The third-order valence-corrected chi connectivity index (χ3v) is 6.73. The summed E-state index contributed by atoms with van der Waals surface area (Å²) < 4.78 is 6.40. The van der Waals surface area contributed by atoms with Gasteiger partial charge < -0.3 is 14.6 Å². The topological polar surface area (TPSA) is 41.3 Å². The van der Waals surface area contributed by atoms with Crippen LogP contribution < -0.4 is 5.32 Å². The minimum absolute atomic E-state index is 0.0171. The molecule has 1 aliphatic carbocycles. The lowest BCUT2D eigenvalue weighted by atomic mass is 9.92. The molecule has 3 heterocycles. The summed E-state index contributed by atoms with van der Waals surface area (Å²) in [6.45, 7) is 0. The first-order valence-electron chi connectivity index (χ1n) is 10.6. The van der Waals surface area contributed by atoms with Crippen molar-refractivity contribution in [2.24, 2.45) is 0 Å². The molecule has 154 valence electrons. The maximum atomic E-state index is 6.40. The molecule has 1 saturated carbocycles. The number of halogens is 1. The maximum absolute atomic E-state index is 6.40. The zero-order chi connectivity index (χ0) is 20.5. The Morgan fingerprint density at radius 1 is 1.00 bits per heavy atom. The van der Waals surface area contributed by atoms with Crippen LogP contribution in [0.5, 0.6) is 0 Å². The Hall–Kier alpha value is -2.37. The van der Waals surface area contributed by atoms with E-state index in [0.717, 1.165) is 45.8 Å². The van der Waals surface area contributed by atoms with Crippen LogP contribution in [0.4, 0.5) is 0 Å². The summed E-state index contributed by atoms with van der Waals surface area (Å²) in [5, 5.41) is 5.06. The molecule has 3 aromatic rings. The standard InChI is InChI=1S/C24H24ClN3OS/c25-17-11-9-16(10-12-17)20-13-14-21(29-20)23-22(19-8-4-5-15-26-19)27-24(30)28(23)18-6-2-1-3-7-18/h4-5,8-15,18,22-23H,1-3,6-7H2,(H,27,30)/t22-,23-/m1/s1. The second-order valence-electron chi connectivity index (χ2n) is 8.03. The molecular weight excluding hydrogens is 414 g/mol. The molecule has 4 nitrogen and oxygen atoms in total. The average molecular weight is 438 g/mol. The Labute approximate surface area is 187 Å². The van der Waals surface area contributed by atoms with Crippen LogP contribution in [-0.2, 0) is 0 Å². The summed E-state index contributed by atoms with van der Waals surface area (Å²) in [5.41, 5.74) is 1.99. The highest BCUT2D eigenvalue weighted by Gasteiger charge is 2.44. The van der Waals surface area contributed by atoms with E-state index in [1.165, 1.54) is 19.3 Å². The van der Waals surface area contributed by atoms with Crippen LogP contribution in [0, 0.1) is 0 Å². The van der Waals surface area contributed by atoms with Crippen molar-refractivity contribution in [3.63, 3.8) is 0 Å². The number of aromatic nitrogens is 1. The zero-order valence-electron chi connectivity index (χ0n) is 16.6. The van der Waals surface area contributed by atoms with E-state index < -0.39 is 0 Å². The van der Waals surface area contributed by atoms with Crippen molar-refractivity contribution in [1.82, 2.24) is 15.2 Å². The van der Waals surface area contributed by atoms with Crippen molar-refractivity contribution in [2.75, 3.05) is 0 Å². The van der Waals surface area contributed by atoms with Crippen molar-refractivity contribution in [3.05, 3.63) is 77.3 Å². The predicted octanol–water partition coefficient (Wildman–Crippen LogP) is 6.30. The van der Waals surface area contributed by atoms with E-state index in [2.05, 4.69) is 27.3 Å². The van der Waals surface area contributed by atoms with E-state index in [0.29, 0.717) is 6.04 Å². The molecule has 2 aliphatic rings. The van der Waals surface area contributed by atoms with Gasteiger partial charge in [-0.25, -0.2) is 0 Å². The van der Waals surface area contributed by atoms with E-state index in [9.17, 15) is 0 Å². The molecule has 5 rings (SSSR count). The fraction of sp³-hybridized carbons (Fsp3) is 0.333. The summed E-state index contributed by atoms with van der Waals surface area (Å²) >= 11 is 11.9. The van der Waals surface area contributed by atoms with Gasteiger partial charge in [-0.05, 0) is 73.6 Å². The Morgan fingerprint density at radius 3 is 2.53 bits per heavy atom. The Kier molecular flexibility index (Phi) is 5.48. The minimum Gasteiger partial charge on any atom is -0.459 e. The molecule has 0 amide bonds. The molecule has 0 spiro atoms. The highest BCUT2D eigenvalue weighted by Crippen LogP contribution is 2.43. The SMILES string of the molecule is S=C1N[C@H](c2ccccn2)[C@@H](c2ccc(-c3ccc(Cl)cc3)o2)N1C1CCCCC1. The molecule has 2 fully saturated rings. The first-order chi connectivity index (χ1) is 14.7. The number of furan rings is 1. The van der Waals surface area contributed by atoms with Gasteiger partial charge in [0.15, 0.2) is 5.11 Å². The Balaban J connectivity index is 1.53. The normalized spacial score (nSPS) is 22.3. The molecule has 2 aromatic heterocycles. The number of nitrogens with zero attached hydrogens (tertiary/aromatic N) is 2. The number of pyridine rings is 1. The van der Waals surface area contributed by atoms with Gasteiger partial charge in [-0.3, -0.25) is 4.98 Å². The monoisotopic (exact) mass is 437 g/mol. The summed E-state index contributed by atoms with van der Waals surface area (Å²) in [4.78, 5) is 6.99. The first-order valence-corrected chi connectivity index (χ1v) is 11.3. The van der Waals surface area contributed by atoms with Crippen molar-refractivity contribution in [3.8, 4) is 11.3 Å². The van der Waals surface area contributed by atoms with E-state index in [-0.39, 0.29) is 12.1 Å². The lowest BCUT2D eigenvalue weighted by Gasteiger charge is -2.36.